The van der Waals surface area contributed by atoms with Gasteiger partial charge in [0, 0.05) is 40.6 Å². The summed E-state index contributed by atoms with van der Waals surface area (Å²) >= 11 is 6.60. The largest absolute Gasteiger partial charge is 0.467 e. The van der Waals surface area contributed by atoms with E-state index < -0.39 is 0 Å². The first-order valence-corrected chi connectivity index (χ1v) is 10.8. The average Bonchev–Trinajstić information content (AvgIpc) is 3.29. The van der Waals surface area contributed by atoms with Crippen molar-refractivity contribution in [3.8, 4) is 17.1 Å². The van der Waals surface area contributed by atoms with E-state index in [-0.39, 0.29) is 6.10 Å². The highest BCUT2D eigenvalue weighted by Gasteiger charge is 2.24. The molecule has 32 heavy (non-hydrogen) atoms. The van der Waals surface area contributed by atoms with E-state index in [0.717, 1.165) is 39.0 Å². The molecule has 158 valence electrons. The Morgan fingerprint density at radius 1 is 1.16 bits per heavy atom. The molecule has 0 spiro atoms. The molecule has 0 aliphatic carbocycles. The topological polar surface area (TPSA) is 60.3 Å². The molecule has 2 aromatic carbocycles. The minimum absolute atomic E-state index is 0.369. The predicted octanol–water partition coefficient (Wildman–Crippen LogP) is 6.61. The van der Waals surface area contributed by atoms with E-state index in [9.17, 15) is 0 Å². The van der Waals surface area contributed by atoms with Crippen LogP contribution in [0.15, 0.2) is 72.5 Å². The van der Waals surface area contributed by atoms with Crippen molar-refractivity contribution in [1.29, 1.82) is 0 Å². The number of hydrogen-bond donors (Lipinski definition) is 0. The molecule has 0 amide bonds. The van der Waals surface area contributed by atoms with Crippen LogP contribution in [0, 0.1) is 6.92 Å². The Kier molecular flexibility index (Phi) is 5.41. The highest BCUT2D eigenvalue weighted by molar-refractivity contribution is 6.33. The van der Waals surface area contributed by atoms with E-state index in [0.29, 0.717) is 29.4 Å². The van der Waals surface area contributed by atoms with Gasteiger partial charge in [-0.15, -0.1) is 6.58 Å². The zero-order chi connectivity index (χ0) is 22.1. The maximum Gasteiger partial charge on any atom is 0.243 e. The summed E-state index contributed by atoms with van der Waals surface area (Å²) in [5, 5.41) is 1.68. The zero-order valence-corrected chi connectivity index (χ0v) is 18.4. The average molecular weight is 441 g/mol. The predicted molar refractivity (Wildman–Crippen MR) is 129 cm³/mol. The van der Waals surface area contributed by atoms with Gasteiger partial charge in [0.25, 0.3) is 0 Å². The first-order chi connectivity index (χ1) is 15.7. The van der Waals surface area contributed by atoms with Crippen LogP contribution in [0.25, 0.3) is 22.2 Å². The number of aromatic nitrogens is 3. The van der Waals surface area contributed by atoms with Gasteiger partial charge in [0.2, 0.25) is 5.88 Å². The third-order valence-corrected chi connectivity index (χ3v) is 5.89. The molecule has 0 bridgehead atoms. The van der Waals surface area contributed by atoms with Crippen molar-refractivity contribution in [2.24, 2.45) is 4.99 Å². The molecule has 0 saturated carbocycles. The lowest BCUT2D eigenvalue weighted by Crippen LogP contribution is -2.11. The quantitative estimate of drug-likeness (QED) is 0.316. The van der Waals surface area contributed by atoms with E-state index in [1.54, 1.807) is 0 Å². The molecule has 0 fully saturated rings. The lowest BCUT2D eigenvalue weighted by Gasteiger charge is -2.22. The fourth-order valence-corrected chi connectivity index (χ4v) is 4.21. The first kappa shape index (κ1) is 20.3. The molecule has 3 heterocycles. The van der Waals surface area contributed by atoms with E-state index in [4.69, 9.17) is 21.3 Å². The minimum Gasteiger partial charge on any atom is -0.467 e. The van der Waals surface area contributed by atoms with Crippen LogP contribution < -0.4 is 4.74 Å². The first-order valence-electron chi connectivity index (χ1n) is 10.4. The Bertz CT molecular complexity index is 1370. The molecule has 1 atom stereocenters. The fraction of sp³-hybridized carbons (Fsp3) is 0.154. The van der Waals surface area contributed by atoms with Gasteiger partial charge in [-0.1, -0.05) is 54.1 Å². The summed E-state index contributed by atoms with van der Waals surface area (Å²) in [5.74, 6) is 0.463. The second-order valence-electron chi connectivity index (χ2n) is 7.67. The Hall–Kier alpha value is -3.57. The number of benzene rings is 2. The number of hydrogen-bond acceptors (Lipinski definition) is 5. The number of fused-ring (bicyclic) bond motifs is 2. The number of ether oxygens (including phenoxy) is 1. The lowest BCUT2D eigenvalue weighted by atomic mass is 9.96. The summed E-state index contributed by atoms with van der Waals surface area (Å²) in [6.07, 6.45) is 6.06. The molecule has 0 N–H and O–H groups in total. The maximum absolute atomic E-state index is 6.60. The van der Waals surface area contributed by atoms with Crippen LogP contribution in [-0.2, 0) is 6.42 Å². The third-order valence-electron chi connectivity index (χ3n) is 5.56. The van der Waals surface area contributed by atoms with Crippen LogP contribution in [0.5, 0.6) is 5.88 Å². The maximum atomic E-state index is 6.60. The summed E-state index contributed by atoms with van der Waals surface area (Å²) in [7, 11) is 0. The molecular formula is C26H21ClN4O. The van der Waals surface area contributed by atoms with Crippen LogP contribution in [0.3, 0.4) is 0 Å². The highest BCUT2D eigenvalue weighted by Crippen LogP contribution is 2.40. The number of aliphatic imine (C=N–C) groups is 1. The van der Waals surface area contributed by atoms with Gasteiger partial charge < -0.3 is 4.74 Å². The Morgan fingerprint density at radius 2 is 2.03 bits per heavy atom. The molecule has 1 unspecified atom stereocenters. The summed E-state index contributed by atoms with van der Waals surface area (Å²) < 4.78 is 6.45. The van der Waals surface area contributed by atoms with Gasteiger partial charge >= 0.3 is 0 Å². The molecular weight excluding hydrogens is 420 g/mol. The minimum atomic E-state index is -0.369. The Balaban J connectivity index is 1.70. The van der Waals surface area contributed by atoms with Gasteiger partial charge in [0.15, 0.2) is 0 Å². The smallest absolute Gasteiger partial charge is 0.243 e. The van der Waals surface area contributed by atoms with Crippen molar-refractivity contribution in [1.82, 2.24) is 15.0 Å². The van der Waals surface area contributed by atoms with E-state index in [1.165, 1.54) is 6.33 Å². The van der Waals surface area contributed by atoms with Gasteiger partial charge in [0.1, 0.15) is 18.1 Å². The standard InChI is InChI=1S/C26H21ClN4O/c1-3-7-22(32-26-25-21(12-13-28-25)29-15-30-26)19-14-17-9-6-8-16(2)23(17)31-24(19)18-10-4-5-11-20(18)27/h3-6,8-11,13-15,22H,1,7,12H2,2H3. The van der Waals surface area contributed by atoms with E-state index >= 15 is 0 Å². The zero-order valence-electron chi connectivity index (χ0n) is 17.6. The van der Waals surface area contributed by atoms with E-state index in [2.05, 4.69) is 46.7 Å². The van der Waals surface area contributed by atoms with Crippen molar-refractivity contribution in [3.63, 3.8) is 0 Å². The number of para-hydroxylation sites is 1. The van der Waals surface area contributed by atoms with Crippen molar-refractivity contribution in [2.45, 2.75) is 25.9 Å². The molecule has 1 aliphatic rings. The van der Waals surface area contributed by atoms with Gasteiger partial charge in [0.05, 0.1) is 16.9 Å². The van der Waals surface area contributed by atoms with Gasteiger partial charge in [-0.3, -0.25) is 4.99 Å². The van der Waals surface area contributed by atoms with Crippen LogP contribution in [0.1, 0.15) is 29.3 Å². The van der Waals surface area contributed by atoms with Gasteiger partial charge in [-0.25, -0.2) is 9.97 Å². The second-order valence-corrected chi connectivity index (χ2v) is 8.08. The Labute approximate surface area is 191 Å². The van der Waals surface area contributed by atoms with Crippen molar-refractivity contribution in [2.75, 3.05) is 0 Å². The molecule has 2 aromatic heterocycles. The van der Waals surface area contributed by atoms with Crippen LogP contribution in [0.2, 0.25) is 5.02 Å². The summed E-state index contributed by atoms with van der Waals surface area (Å²) in [6.45, 7) is 6.01. The van der Waals surface area contributed by atoms with Crippen LogP contribution in [-0.4, -0.2) is 21.2 Å². The van der Waals surface area contributed by atoms with Crippen molar-refractivity contribution < 1.29 is 4.74 Å². The summed E-state index contributed by atoms with van der Waals surface area (Å²) in [6, 6.07) is 16.0. The normalized spacial score (nSPS) is 13.2. The molecule has 6 heteroatoms. The summed E-state index contributed by atoms with van der Waals surface area (Å²) in [5.41, 5.74) is 6.17. The third kappa shape index (κ3) is 3.65. The monoisotopic (exact) mass is 440 g/mol. The molecule has 0 radical (unpaired) electrons. The molecule has 1 aliphatic heterocycles. The van der Waals surface area contributed by atoms with Gasteiger partial charge in [-0.2, -0.15) is 4.98 Å². The second kappa shape index (κ2) is 8.52. The lowest BCUT2D eigenvalue weighted by molar-refractivity contribution is 0.201. The number of aryl methyl sites for hydroxylation is 1. The highest BCUT2D eigenvalue weighted by atomic mass is 35.5. The molecule has 0 saturated heterocycles. The molecule has 5 rings (SSSR count). The number of nitrogens with zero attached hydrogens (tertiary/aromatic N) is 4. The Morgan fingerprint density at radius 3 is 2.88 bits per heavy atom. The van der Waals surface area contributed by atoms with Crippen molar-refractivity contribution >= 4 is 34.4 Å². The fourth-order valence-electron chi connectivity index (χ4n) is 3.99. The van der Waals surface area contributed by atoms with E-state index in [1.807, 2.05) is 42.6 Å². The SMILES string of the molecule is C=CCC(Oc1ncnc2c1N=CC2)c1cc2cccc(C)c2nc1-c1ccccc1Cl. The van der Waals surface area contributed by atoms with Crippen LogP contribution >= 0.6 is 11.6 Å². The number of rotatable bonds is 6. The number of halogens is 1. The number of pyridine rings is 1. The molecule has 5 nitrogen and oxygen atoms in total. The van der Waals surface area contributed by atoms with Gasteiger partial charge in [-0.05, 0) is 24.6 Å². The van der Waals surface area contributed by atoms with Crippen molar-refractivity contribution in [3.05, 3.63) is 89.4 Å². The molecule has 4 aromatic rings. The summed E-state index contributed by atoms with van der Waals surface area (Å²) in [4.78, 5) is 18.2. The van der Waals surface area contributed by atoms with Crippen LogP contribution in [0.4, 0.5) is 5.69 Å².